The number of aromatic nitrogens is 2. The lowest BCUT2D eigenvalue weighted by atomic mass is 10.2. The van der Waals surface area contributed by atoms with Gasteiger partial charge in [-0.3, -0.25) is 4.68 Å². The second-order valence-electron chi connectivity index (χ2n) is 4.37. The molecular formula is C14H16BrN3O2. The molecule has 0 aliphatic carbocycles. The Hall–Kier alpha value is -1.82. The smallest absolute Gasteiger partial charge is 0.359 e. The third-order valence-electron chi connectivity index (χ3n) is 2.95. The zero-order valence-corrected chi connectivity index (χ0v) is 13.0. The van der Waals surface area contributed by atoms with E-state index in [1.54, 1.807) is 11.6 Å². The normalized spacial score (nSPS) is 10.6. The van der Waals surface area contributed by atoms with Crippen LogP contribution in [-0.2, 0) is 17.9 Å². The topological polar surface area (TPSA) is 70.1 Å². The molecule has 0 radical (unpaired) electrons. The van der Waals surface area contributed by atoms with Crippen molar-refractivity contribution in [2.75, 3.05) is 5.73 Å². The maximum Gasteiger partial charge on any atom is 0.359 e. The number of nitrogen functional groups attached to an aromatic ring is 1. The van der Waals surface area contributed by atoms with Gasteiger partial charge in [0.15, 0.2) is 5.69 Å². The van der Waals surface area contributed by atoms with Crippen molar-refractivity contribution < 1.29 is 9.53 Å². The van der Waals surface area contributed by atoms with Crippen molar-refractivity contribution in [3.05, 3.63) is 45.7 Å². The summed E-state index contributed by atoms with van der Waals surface area (Å²) in [6.07, 6.45) is 0. The van der Waals surface area contributed by atoms with Gasteiger partial charge in [0.1, 0.15) is 6.61 Å². The maximum absolute atomic E-state index is 12.1. The fourth-order valence-electron chi connectivity index (χ4n) is 1.84. The van der Waals surface area contributed by atoms with Gasteiger partial charge in [-0.15, -0.1) is 0 Å². The highest BCUT2D eigenvalue weighted by Crippen LogP contribution is 2.18. The number of esters is 1. The highest BCUT2D eigenvalue weighted by Gasteiger charge is 2.20. The molecule has 0 aliphatic rings. The van der Waals surface area contributed by atoms with E-state index in [1.165, 1.54) is 0 Å². The highest BCUT2D eigenvalue weighted by atomic mass is 79.9. The summed E-state index contributed by atoms with van der Waals surface area (Å²) in [6, 6.07) is 7.59. The number of rotatable bonds is 4. The van der Waals surface area contributed by atoms with Crippen LogP contribution in [0.25, 0.3) is 0 Å². The summed E-state index contributed by atoms with van der Waals surface area (Å²) in [6.45, 7) is 4.45. The number of anilines is 1. The number of benzene rings is 1. The van der Waals surface area contributed by atoms with Crippen molar-refractivity contribution in [3.8, 4) is 0 Å². The summed E-state index contributed by atoms with van der Waals surface area (Å²) in [7, 11) is 0. The van der Waals surface area contributed by atoms with Gasteiger partial charge in [0, 0.05) is 11.0 Å². The molecule has 0 amide bonds. The number of hydrogen-bond acceptors (Lipinski definition) is 4. The third-order valence-corrected chi connectivity index (χ3v) is 3.48. The van der Waals surface area contributed by atoms with Crippen LogP contribution >= 0.6 is 15.9 Å². The zero-order valence-electron chi connectivity index (χ0n) is 11.4. The van der Waals surface area contributed by atoms with Crippen LogP contribution in [0.2, 0.25) is 0 Å². The Kier molecular flexibility index (Phi) is 4.44. The van der Waals surface area contributed by atoms with E-state index in [4.69, 9.17) is 10.5 Å². The summed E-state index contributed by atoms with van der Waals surface area (Å²) in [5, 5.41) is 4.20. The van der Waals surface area contributed by atoms with Crippen LogP contribution in [0.15, 0.2) is 28.7 Å². The van der Waals surface area contributed by atoms with E-state index in [1.807, 2.05) is 31.2 Å². The van der Waals surface area contributed by atoms with Gasteiger partial charge in [0.2, 0.25) is 0 Å². The molecule has 2 aromatic rings. The Morgan fingerprint density at radius 2 is 2.05 bits per heavy atom. The number of nitrogens with zero attached hydrogens (tertiary/aromatic N) is 2. The van der Waals surface area contributed by atoms with Crippen LogP contribution in [0, 0.1) is 6.92 Å². The van der Waals surface area contributed by atoms with Gasteiger partial charge < -0.3 is 10.5 Å². The van der Waals surface area contributed by atoms with Gasteiger partial charge in [-0.25, -0.2) is 4.79 Å². The predicted molar refractivity (Wildman–Crippen MR) is 80.3 cm³/mol. The SMILES string of the molecule is CCn1nc(C)c(N)c1C(=O)OCc1ccc(Br)cc1. The first kappa shape index (κ1) is 14.6. The molecule has 1 aromatic carbocycles. The Bertz CT molecular complexity index is 620. The second-order valence-corrected chi connectivity index (χ2v) is 5.28. The van der Waals surface area contributed by atoms with Crippen molar-refractivity contribution in [1.82, 2.24) is 9.78 Å². The van der Waals surface area contributed by atoms with Crippen LogP contribution in [0.3, 0.4) is 0 Å². The molecule has 0 atom stereocenters. The van der Waals surface area contributed by atoms with Crippen LogP contribution in [-0.4, -0.2) is 15.7 Å². The molecule has 0 bridgehead atoms. The van der Waals surface area contributed by atoms with Gasteiger partial charge in [-0.1, -0.05) is 28.1 Å². The molecular weight excluding hydrogens is 322 g/mol. The van der Waals surface area contributed by atoms with Gasteiger partial charge >= 0.3 is 5.97 Å². The minimum atomic E-state index is -0.451. The maximum atomic E-state index is 12.1. The monoisotopic (exact) mass is 337 g/mol. The van der Waals surface area contributed by atoms with Crippen LogP contribution in [0.4, 0.5) is 5.69 Å². The Labute approximate surface area is 125 Å². The second kappa shape index (κ2) is 6.09. The molecule has 0 spiro atoms. The number of aryl methyl sites for hydroxylation is 2. The molecule has 20 heavy (non-hydrogen) atoms. The molecule has 0 saturated heterocycles. The van der Waals surface area contributed by atoms with E-state index >= 15 is 0 Å². The van der Waals surface area contributed by atoms with E-state index < -0.39 is 5.97 Å². The number of ether oxygens (including phenoxy) is 1. The van der Waals surface area contributed by atoms with Gasteiger partial charge in [0.05, 0.1) is 11.4 Å². The number of halogens is 1. The Morgan fingerprint density at radius 1 is 1.40 bits per heavy atom. The Balaban J connectivity index is 2.11. The van der Waals surface area contributed by atoms with Crippen molar-refractivity contribution in [1.29, 1.82) is 0 Å². The minimum Gasteiger partial charge on any atom is -0.456 e. The highest BCUT2D eigenvalue weighted by molar-refractivity contribution is 9.10. The van der Waals surface area contributed by atoms with Crippen LogP contribution in [0.5, 0.6) is 0 Å². The van der Waals surface area contributed by atoms with E-state index in [0.717, 1.165) is 10.0 Å². The first-order valence-corrected chi connectivity index (χ1v) is 7.06. The molecule has 5 nitrogen and oxygen atoms in total. The van der Waals surface area contributed by atoms with Crippen molar-refractivity contribution >= 4 is 27.6 Å². The molecule has 106 valence electrons. The lowest BCUT2D eigenvalue weighted by Crippen LogP contribution is -2.14. The van der Waals surface area contributed by atoms with Crippen LogP contribution in [0.1, 0.15) is 28.7 Å². The van der Waals surface area contributed by atoms with E-state index in [2.05, 4.69) is 21.0 Å². The van der Waals surface area contributed by atoms with Crippen molar-refractivity contribution in [2.24, 2.45) is 0 Å². The number of hydrogen-bond donors (Lipinski definition) is 1. The fourth-order valence-corrected chi connectivity index (χ4v) is 2.10. The molecule has 0 aliphatic heterocycles. The number of nitrogens with two attached hydrogens (primary N) is 1. The van der Waals surface area contributed by atoms with Gasteiger partial charge in [-0.05, 0) is 31.5 Å². The standard InChI is InChI=1S/C14H16BrN3O2/c1-3-18-13(12(16)9(2)17-18)14(19)20-8-10-4-6-11(15)7-5-10/h4-7H,3,8,16H2,1-2H3. The lowest BCUT2D eigenvalue weighted by Gasteiger charge is -2.07. The minimum absolute atomic E-state index is 0.208. The third kappa shape index (κ3) is 3.01. The molecule has 0 saturated carbocycles. The lowest BCUT2D eigenvalue weighted by molar-refractivity contribution is 0.0459. The number of carbonyl (C=O) groups excluding carboxylic acids is 1. The first-order chi connectivity index (χ1) is 9.52. The van der Waals surface area contributed by atoms with Crippen LogP contribution < -0.4 is 5.73 Å². The summed E-state index contributed by atoms with van der Waals surface area (Å²) < 4.78 is 7.84. The molecule has 2 rings (SSSR count). The first-order valence-electron chi connectivity index (χ1n) is 6.27. The number of carbonyl (C=O) groups is 1. The zero-order chi connectivity index (χ0) is 14.7. The quantitative estimate of drug-likeness (QED) is 0.871. The van der Waals surface area contributed by atoms with Crippen molar-refractivity contribution in [2.45, 2.75) is 27.0 Å². The molecule has 6 heteroatoms. The van der Waals surface area contributed by atoms with E-state index in [9.17, 15) is 4.79 Å². The summed E-state index contributed by atoms with van der Waals surface area (Å²) >= 11 is 3.36. The summed E-state index contributed by atoms with van der Waals surface area (Å²) in [4.78, 5) is 12.1. The Morgan fingerprint density at radius 3 is 2.65 bits per heavy atom. The largest absolute Gasteiger partial charge is 0.456 e. The van der Waals surface area contributed by atoms with Gasteiger partial charge in [-0.2, -0.15) is 5.10 Å². The fraction of sp³-hybridized carbons (Fsp3) is 0.286. The van der Waals surface area contributed by atoms with Gasteiger partial charge in [0.25, 0.3) is 0 Å². The predicted octanol–water partition coefficient (Wildman–Crippen LogP) is 2.91. The average molecular weight is 338 g/mol. The molecule has 1 aromatic heterocycles. The molecule has 0 fully saturated rings. The molecule has 2 N–H and O–H groups in total. The summed E-state index contributed by atoms with van der Waals surface area (Å²) in [5.74, 6) is -0.451. The van der Waals surface area contributed by atoms with E-state index in [-0.39, 0.29) is 6.61 Å². The molecule has 0 unspecified atom stereocenters. The molecule has 1 heterocycles. The van der Waals surface area contributed by atoms with E-state index in [0.29, 0.717) is 23.6 Å². The average Bonchev–Trinajstić information content (AvgIpc) is 2.73. The van der Waals surface area contributed by atoms with Crippen molar-refractivity contribution in [3.63, 3.8) is 0 Å². The summed E-state index contributed by atoms with van der Waals surface area (Å²) in [5.41, 5.74) is 8.14.